The van der Waals surface area contributed by atoms with Crippen molar-refractivity contribution in [3.8, 4) is 0 Å². The second kappa shape index (κ2) is 6.76. The summed E-state index contributed by atoms with van der Waals surface area (Å²) in [5.74, 6) is 3.70. The summed E-state index contributed by atoms with van der Waals surface area (Å²) < 4.78 is 2.72. The molecule has 5 aliphatic rings. The molecule has 0 N–H and O–H groups in total. The number of hydrogen-bond acceptors (Lipinski definition) is 4. The highest BCUT2D eigenvalue weighted by Crippen LogP contribution is 2.56. The Kier molecular flexibility index (Phi) is 4.58. The van der Waals surface area contributed by atoms with Gasteiger partial charge >= 0.3 is 0 Å². The quantitative estimate of drug-likeness (QED) is 0.694. The lowest BCUT2D eigenvalue weighted by molar-refractivity contribution is 0.121. The van der Waals surface area contributed by atoms with Crippen LogP contribution in [0.5, 0.6) is 0 Å². The third kappa shape index (κ3) is 3.17. The molecule has 0 spiro atoms. The average Bonchev–Trinajstić information content (AvgIpc) is 2.90. The van der Waals surface area contributed by atoms with Crippen LogP contribution in [0.2, 0.25) is 0 Å². The normalized spacial score (nSPS) is 45.0. The Balaban J connectivity index is 1.22. The Hall–Kier alpha value is -0.190. The fourth-order valence-electron chi connectivity index (χ4n) is 6.27. The molecule has 5 rings (SSSR count). The van der Waals surface area contributed by atoms with Crippen molar-refractivity contribution in [2.75, 3.05) is 39.8 Å². The zero-order chi connectivity index (χ0) is 17.0. The summed E-state index contributed by atoms with van der Waals surface area (Å²) >= 11 is 2.24. The Labute approximate surface area is 158 Å². The Morgan fingerprint density at radius 2 is 1.80 bits per heavy atom. The predicted molar refractivity (Wildman–Crippen MR) is 106 cm³/mol. The zero-order valence-electron chi connectivity index (χ0n) is 16.1. The van der Waals surface area contributed by atoms with Crippen LogP contribution in [0.1, 0.15) is 45.4 Å². The molecule has 2 bridgehead atoms. The van der Waals surface area contributed by atoms with Gasteiger partial charge in [0.15, 0.2) is 0 Å². The molecule has 140 valence electrons. The molecule has 6 unspecified atom stereocenters. The minimum atomic E-state index is 0.838. The number of likely N-dealkylation sites (N-methyl/N-ethyl adjacent to an activating group) is 1. The maximum Gasteiger partial charge on any atom is 0.0468 e. The first-order valence-corrected chi connectivity index (χ1v) is 11.6. The molecule has 3 nitrogen and oxygen atoms in total. The molecule has 0 amide bonds. The number of nitrogens with zero attached hydrogens (tertiary/aromatic N) is 3. The average molecular weight is 362 g/mol. The van der Waals surface area contributed by atoms with E-state index in [0.717, 1.165) is 35.0 Å². The van der Waals surface area contributed by atoms with Crippen LogP contribution in [0.15, 0.2) is 11.8 Å². The first-order valence-electron chi connectivity index (χ1n) is 10.7. The number of hydrogen-bond donors (Lipinski definition) is 0. The molecule has 4 heteroatoms. The van der Waals surface area contributed by atoms with Crippen LogP contribution in [-0.2, 0) is 0 Å². The van der Waals surface area contributed by atoms with Crippen molar-refractivity contribution in [2.45, 2.75) is 56.7 Å². The van der Waals surface area contributed by atoms with Gasteiger partial charge in [-0.3, -0.25) is 0 Å². The van der Waals surface area contributed by atoms with Crippen LogP contribution in [0.25, 0.3) is 0 Å². The van der Waals surface area contributed by atoms with Crippen molar-refractivity contribution in [1.29, 1.82) is 0 Å². The predicted octanol–water partition coefficient (Wildman–Crippen LogP) is 3.68. The van der Waals surface area contributed by atoms with Crippen molar-refractivity contribution in [1.82, 2.24) is 14.1 Å². The minimum absolute atomic E-state index is 0.838. The molecule has 0 aromatic rings. The fourth-order valence-corrected chi connectivity index (χ4v) is 7.95. The van der Waals surface area contributed by atoms with E-state index in [9.17, 15) is 0 Å². The lowest BCUT2D eigenvalue weighted by Gasteiger charge is -2.42. The third-order valence-electron chi connectivity index (χ3n) is 7.81. The molecule has 3 fully saturated rings. The van der Waals surface area contributed by atoms with Gasteiger partial charge in [0.25, 0.3) is 0 Å². The molecular weight excluding hydrogens is 326 g/mol. The maximum absolute atomic E-state index is 2.74. The molecule has 2 saturated carbocycles. The second-order valence-corrected chi connectivity index (χ2v) is 10.9. The number of rotatable bonds is 2. The number of piperazine rings is 1. The molecule has 6 atom stereocenters. The maximum atomic E-state index is 2.74. The largest absolute Gasteiger partial charge is 0.319 e. The summed E-state index contributed by atoms with van der Waals surface area (Å²) in [7, 11) is 2.26. The molecule has 0 aromatic heterocycles. The van der Waals surface area contributed by atoms with E-state index in [4.69, 9.17) is 0 Å². The van der Waals surface area contributed by atoms with Gasteiger partial charge in [-0.25, -0.2) is 0 Å². The highest BCUT2D eigenvalue weighted by atomic mass is 32.2. The molecule has 0 aromatic carbocycles. The SMILES string of the molecule is CC1CCC2C3=CN(SC4CC(CN5CCN(C)CC5)CCC34)C2C1. The van der Waals surface area contributed by atoms with Crippen LogP contribution in [0, 0.1) is 23.7 Å². The van der Waals surface area contributed by atoms with Crippen molar-refractivity contribution < 1.29 is 0 Å². The van der Waals surface area contributed by atoms with Gasteiger partial charge in [-0.1, -0.05) is 6.92 Å². The van der Waals surface area contributed by atoms with Crippen LogP contribution in [-0.4, -0.2) is 65.2 Å². The second-order valence-electron chi connectivity index (χ2n) is 9.61. The lowest BCUT2D eigenvalue weighted by Crippen LogP contribution is -2.47. The summed E-state index contributed by atoms with van der Waals surface area (Å²) in [5.41, 5.74) is 1.87. The van der Waals surface area contributed by atoms with E-state index in [1.807, 2.05) is 5.57 Å². The van der Waals surface area contributed by atoms with Crippen molar-refractivity contribution >= 4 is 11.9 Å². The highest BCUT2D eigenvalue weighted by molar-refractivity contribution is 7.97. The summed E-state index contributed by atoms with van der Waals surface area (Å²) in [5, 5.41) is 0.882. The van der Waals surface area contributed by atoms with E-state index in [1.54, 1.807) is 0 Å². The molecule has 1 saturated heterocycles. The zero-order valence-corrected chi connectivity index (χ0v) is 16.9. The first-order chi connectivity index (χ1) is 12.2. The van der Waals surface area contributed by atoms with E-state index in [1.165, 1.54) is 71.2 Å². The monoisotopic (exact) mass is 361 g/mol. The van der Waals surface area contributed by atoms with Gasteiger partial charge in [0.2, 0.25) is 0 Å². The minimum Gasteiger partial charge on any atom is -0.319 e. The third-order valence-corrected chi connectivity index (χ3v) is 9.22. The molecular formula is C21H35N3S. The molecule has 3 heterocycles. The topological polar surface area (TPSA) is 9.72 Å². The Morgan fingerprint density at radius 1 is 1.00 bits per heavy atom. The first kappa shape index (κ1) is 16.9. The summed E-state index contributed by atoms with van der Waals surface area (Å²) in [6.45, 7) is 8.92. The van der Waals surface area contributed by atoms with Crippen molar-refractivity contribution in [2.24, 2.45) is 23.7 Å². The van der Waals surface area contributed by atoms with Gasteiger partial charge in [-0.05, 0) is 80.8 Å². The fraction of sp³-hybridized carbons (Fsp3) is 0.905. The van der Waals surface area contributed by atoms with Crippen molar-refractivity contribution in [3.05, 3.63) is 11.8 Å². The van der Waals surface area contributed by atoms with E-state index in [2.05, 4.69) is 46.2 Å². The Bertz CT molecular complexity index is 527. The standard InChI is InChI=1S/C21H35N3S/c1-15-3-5-17-19-14-24(20(17)11-15)25-21-12-16(4-6-18(19)21)13-23-9-7-22(2)8-10-23/h14-18,20-21H,3-13H2,1-2H3. The molecule has 25 heavy (non-hydrogen) atoms. The van der Waals surface area contributed by atoms with Gasteiger partial charge in [0.05, 0.1) is 0 Å². The van der Waals surface area contributed by atoms with Gasteiger partial charge in [-0.15, -0.1) is 0 Å². The summed E-state index contributed by atoms with van der Waals surface area (Å²) in [6, 6.07) is 0.838. The van der Waals surface area contributed by atoms with Crippen molar-refractivity contribution in [3.63, 3.8) is 0 Å². The number of fused-ring (bicyclic) bond motifs is 6. The van der Waals surface area contributed by atoms with Gasteiger partial charge in [0, 0.05) is 56.1 Å². The van der Waals surface area contributed by atoms with Gasteiger partial charge < -0.3 is 14.1 Å². The van der Waals surface area contributed by atoms with Crippen LogP contribution in [0.4, 0.5) is 0 Å². The highest BCUT2D eigenvalue weighted by Gasteiger charge is 2.49. The summed E-state index contributed by atoms with van der Waals surface area (Å²) in [4.78, 5) is 5.22. The lowest BCUT2D eigenvalue weighted by atomic mass is 9.70. The molecule has 3 aliphatic heterocycles. The van der Waals surface area contributed by atoms with Crippen LogP contribution in [0.3, 0.4) is 0 Å². The molecule has 2 aliphatic carbocycles. The van der Waals surface area contributed by atoms with Crippen LogP contribution >= 0.6 is 11.9 Å². The van der Waals surface area contributed by atoms with E-state index < -0.39 is 0 Å². The summed E-state index contributed by atoms with van der Waals surface area (Å²) in [6.07, 6.45) is 11.4. The molecule has 0 radical (unpaired) electrons. The van der Waals surface area contributed by atoms with Gasteiger partial charge in [-0.2, -0.15) is 0 Å². The van der Waals surface area contributed by atoms with Crippen LogP contribution < -0.4 is 0 Å². The smallest absolute Gasteiger partial charge is 0.0468 e. The van der Waals surface area contributed by atoms with Gasteiger partial charge in [0.1, 0.15) is 0 Å². The van der Waals surface area contributed by atoms with E-state index in [-0.39, 0.29) is 0 Å². The Morgan fingerprint density at radius 3 is 2.64 bits per heavy atom. The van der Waals surface area contributed by atoms with E-state index in [0.29, 0.717) is 0 Å². The van der Waals surface area contributed by atoms with E-state index >= 15 is 0 Å².